The summed E-state index contributed by atoms with van der Waals surface area (Å²) in [5.41, 5.74) is 1.16. The van der Waals surface area contributed by atoms with Crippen molar-refractivity contribution in [1.29, 1.82) is 0 Å². The van der Waals surface area contributed by atoms with Gasteiger partial charge in [-0.1, -0.05) is 36.4 Å². The van der Waals surface area contributed by atoms with Crippen LogP contribution >= 0.6 is 0 Å². The summed E-state index contributed by atoms with van der Waals surface area (Å²) in [6.07, 6.45) is 1.44. The molecule has 0 saturated carbocycles. The van der Waals surface area contributed by atoms with Crippen molar-refractivity contribution in [3.63, 3.8) is 0 Å². The molecule has 0 bridgehead atoms. The van der Waals surface area contributed by atoms with Gasteiger partial charge in [0.15, 0.2) is 17.3 Å². The van der Waals surface area contributed by atoms with Gasteiger partial charge in [-0.2, -0.15) is 0 Å². The normalized spacial score (nSPS) is 11.4. The minimum absolute atomic E-state index is 0.0955. The Labute approximate surface area is 213 Å². The minimum Gasteiger partial charge on any atom is -0.493 e. The third-order valence-electron chi connectivity index (χ3n) is 5.93. The number of aromatic nitrogens is 3. The third-order valence-corrected chi connectivity index (χ3v) is 7.67. The maximum absolute atomic E-state index is 13.7. The summed E-state index contributed by atoms with van der Waals surface area (Å²) in [4.78, 5) is 20.9. The molecule has 10 heteroatoms. The highest BCUT2D eigenvalue weighted by molar-refractivity contribution is 7.90. The zero-order valence-electron chi connectivity index (χ0n) is 20.3. The maximum atomic E-state index is 13.7. The van der Waals surface area contributed by atoms with Crippen molar-refractivity contribution in [2.45, 2.75) is 4.90 Å². The lowest BCUT2D eigenvalue weighted by molar-refractivity contribution is 0.103. The SMILES string of the molecule is COc1cc(C(=O)c2c[nH]c(-c3cc4ccccc4n3S(=O)(=O)c3ccccc3)n2)cc(OC)c1OC. The van der Waals surface area contributed by atoms with Crippen LogP contribution in [0.1, 0.15) is 16.1 Å². The molecule has 0 saturated heterocycles. The first-order valence-corrected chi connectivity index (χ1v) is 12.6. The third kappa shape index (κ3) is 4.11. The first-order valence-electron chi connectivity index (χ1n) is 11.2. The Balaban J connectivity index is 1.62. The Bertz CT molecular complexity index is 1700. The predicted molar refractivity (Wildman–Crippen MR) is 138 cm³/mol. The highest BCUT2D eigenvalue weighted by Crippen LogP contribution is 2.39. The summed E-state index contributed by atoms with van der Waals surface area (Å²) in [7, 11) is 0.436. The molecule has 2 aromatic heterocycles. The molecule has 0 spiro atoms. The Morgan fingerprint density at radius 1 is 0.865 bits per heavy atom. The van der Waals surface area contributed by atoms with Crippen molar-refractivity contribution in [3.8, 4) is 28.8 Å². The van der Waals surface area contributed by atoms with Crippen molar-refractivity contribution in [1.82, 2.24) is 13.9 Å². The van der Waals surface area contributed by atoms with Crippen molar-refractivity contribution < 1.29 is 27.4 Å². The van der Waals surface area contributed by atoms with E-state index in [0.717, 1.165) is 0 Å². The monoisotopic (exact) mass is 517 g/mol. The number of H-pyrrole nitrogens is 1. The van der Waals surface area contributed by atoms with E-state index >= 15 is 0 Å². The number of imidazole rings is 1. The van der Waals surface area contributed by atoms with Gasteiger partial charge in [-0.3, -0.25) is 4.79 Å². The topological polar surface area (TPSA) is 113 Å². The second-order valence-electron chi connectivity index (χ2n) is 8.05. The fourth-order valence-electron chi connectivity index (χ4n) is 4.18. The second-order valence-corrected chi connectivity index (χ2v) is 9.84. The molecule has 0 radical (unpaired) electrons. The number of carbonyl (C=O) groups is 1. The molecule has 9 nitrogen and oxygen atoms in total. The highest BCUT2D eigenvalue weighted by Gasteiger charge is 2.26. The number of rotatable bonds is 8. The zero-order valence-corrected chi connectivity index (χ0v) is 21.1. The van der Waals surface area contributed by atoms with E-state index in [1.165, 1.54) is 55.8 Å². The van der Waals surface area contributed by atoms with Crippen molar-refractivity contribution in [2.75, 3.05) is 21.3 Å². The zero-order chi connectivity index (χ0) is 26.2. The van der Waals surface area contributed by atoms with E-state index in [4.69, 9.17) is 14.2 Å². The van der Waals surface area contributed by atoms with Crippen LogP contribution in [0.5, 0.6) is 17.2 Å². The number of ether oxygens (including phenoxy) is 3. The molecule has 0 fully saturated rings. The predicted octanol–water partition coefficient (Wildman–Crippen LogP) is 4.53. The van der Waals surface area contributed by atoms with Gasteiger partial charge in [-0.25, -0.2) is 17.4 Å². The number of hydrogen-bond acceptors (Lipinski definition) is 7. The Kier molecular flexibility index (Phi) is 6.18. The maximum Gasteiger partial charge on any atom is 0.268 e. The van der Waals surface area contributed by atoms with Gasteiger partial charge in [0.2, 0.25) is 11.5 Å². The number of ketones is 1. The summed E-state index contributed by atoms with van der Waals surface area (Å²) in [6, 6.07) is 20.1. The number of fused-ring (bicyclic) bond motifs is 1. The van der Waals surface area contributed by atoms with E-state index < -0.39 is 15.8 Å². The van der Waals surface area contributed by atoms with Crippen LogP contribution in [0.25, 0.3) is 22.4 Å². The number of carbonyl (C=O) groups excluding carboxylic acids is 1. The molecule has 1 N–H and O–H groups in total. The fraction of sp³-hybridized carbons (Fsp3) is 0.111. The number of para-hydroxylation sites is 1. The van der Waals surface area contributed by atoms with E-state index in [2.05, 4.69) is 9.97 Å². The van der Waals surface area contributed by atoms with Gasteiger partial charge in [0.1, 0.15) is 11.4 Å². The highest BCUT2D eigenvalue weighted by atomic mass is 32.2. The number of hydrogen-bond donors (Lipinski definition) is 1. The van der Waals surface area contributed by atoms with Crippen LogP contribution in [-0.4, -0.2) is 49.5 Å². The molecular weight excluding hydrogens is 494 g/mol. The van der Waals surface area contributed by atoms with Crippen molar-refractivity contribution in [2.24, 2.45) is 0 Å². The van der Waals surface area contributed by atoms with Crippen LogP contribution in [0.3, 0.4) is 0 Å². The number of aromatic amines is 1. The van der Waals surface area contributed by atoms with Gasteiger partial charge in [0.25, 0.3) is 10.0 Å². The molecule has 2 heterocycles. The Morgan fingerprint density at radius 3 is 2.16 bits per heavy atom. The van der Waals surface area contributed by atoms with E-state index in [0.29, 0.717) is 33.8 Å². The largest absolute Gasteiger partial charge is 0.493 e. The fourth-order valence-corrected chi connectivity index (χ4v) is 5.72. The molecule has 0 atom stereocenters. The van der Waals surface area contributed by atoms with E-state index in [-0.39, 0.29) is 22.0 Å². The molecule has 0 aliphatic rings. The van der Waals surface area contributed by atoms with Gasteiger partial charge in [-0.15, -0.1) is 0 Å². The first-order chi connectivity index (χ1) is 17.9. The summed E-state index contributed by atoms with van der Waals surface area (Å²) in [5, 5.41) is 0.714. The van der Waals surface area contributed by atoms with Crippen LogP contribution < -0.4 is 14.2 Å². The summed E-state index contributed by atoms with van der Waals surface area (Å²) < 4.78 is 44.6. The summed E-state index contributed by atoms with van der Waals surface area (Å²) >= 11 is 0. The molecule has 0 aliphatic carbocycles. The molecule has 5 aromatic rings. The number of benzene rings is 3. The lowest BCUT2D eigenvalue weighted by Crippen LogP contribution is -2.14. The molecule has 0 aliphatic heterocycles. The smallest absolute Gasteiger partial charge is 0.268 e. The van der Waals surface area contributed by atoms with Crippen LogP contribution in [0.4, 0.5) is 0 Å². The lowest BCUT2D eigenvalue weighted by Gasteiger charge is -2.13. The number of methoxy groups -OCH3 is 3. The van der Waals surface area contributed by atoms with Gasteiger partial charge in [0.05, 0.1) is 31.7 Å². The van der Waals surface area contributed by atoms with Gasteiger partial charge < -0.3 is 19.2 Å². The second kappa shape index (κ2) is 9.47. The van der Waals surface area contributed by atoms with E-state index in [1.54, 1.807) is 36.4 Å². The average molecular weight is 518 g/mol. The molecule has 37 heavy (non-hydrogen) atoms. The van der Waals surface area contributed by atoms with E-state index in [9.17, 15) is 13.2 Å². The van der Waals surface area contributed by atoms with Gasteiger partial charge >= 0.3 is 0 Å². The molecule has 0 amide bonds. The summed E-state index contributed by atoms with van der Waals surface area (Å²) in [5.74, 6) is 0.840. The van der Waals surface area contributed by atoms with Crippen LogP contribution in [-0.2, 0) is 10.0 Å². The minimum atomic E-state index is -3.97. The van der Waals surface area contributed by atoms with Gasteiger partial charge in [0, 0.05) is 17.1 Å². The van der Waals surface area contributed by atoms with E-state index in [1.807, 2.05) is 12.1 Å². The Morgan fingerprint density at radius 2 is 1.51 bits per heavy atom. The van der Waals surface area contributed by atoms with Crippen LogP contribution in [0, 0.1) is 0 Å². The van der Waals surface area contributed by atoms with Crippen LogP contribution in [0.2, 0.25) is 0 Å². The first kappa shape index (κ1) is 24.1. The number of nitrogens with zero attached hydrogens (tertiary/aromatic N) is 2. The molecule has 3 aromatic carbocycles. The molecule has 5 rings (SSSR count). The Hall–Kier alpha value is -4.57. The molecule has 0 unspecified atom stereocenters. The number of nitrogens with one attached hydrogen (secondary N) is 1. The summed E-state index contributed by atoms with van der Waals surface area (Å²) in [6.45, 7) is 0. The standard InChI is InChI=1S/C27H23N3O6S/c1-34-23-14-18(15-24(35-2)26(23)36-3)25(31)20-16-28-27(29-20)22-13-17-9-7-8-12-21(17)30(22)37(32,33)19-10-5-4-6-11-19/h4-16H,1-3H3,(H,28,29). The van der Waals surface area contributed by atoms with Crippen molar-refractivity contribution >= 4 is 26.7 Å². The van der Waals surface area contributed by atoms with Crippen molar-refractivity contribution in [3.05, 3.63) is 90.3 Å². The lowest BCUT2D eigenvalue weighted by atomic mass is 10.1. The quantitative estimate of drug-likeness (QED) is 0.301. The van der Waals surface area contributed by atoms with Gasteiger partial charge in [-0.05, 0) is 36.4 Å². The molecular formula is C27H23N3O6S. The molecule has 188 valence electrons. The average Bonchev–Trinajstić information content (AvgIpc) is 3.57. The van der Waals surface area contributed by atoms with Crippen LogP contribution in [0.15, 0.2) is 83.9 Å².